The molecule has 0 atom stereocenters. The minimum atomic E-state index is -0.127. The third kappa shape index (κ3) is 2.49. The van der Waals surface area contributed by atoms with Gasteiger partial charge in [0.05, 0.1) is 0 Å². The van der Waals surface area contributed by atoms with E-state index in [9.17, 15) is 4.79 Å². The molecule has 0 bridgehead atoms. The van der Waals surface area contributed by atoms with Crippen LogP contribution in [-0.4, -0.2) is 27.6 Å². The van der Waals surface area contributed by atoms with Crippen LogP contribution in [0.2, 0.25) is 0 Å². The highest BCUT2D eigenvalue weighted by Crippen LogP contribution is 2.22. The molecule has 0 spiro atoms. The molecule has 124 valence electrons. The molecular weight excluding hydrogens is 302 g/mol. The lowest BCUT2D eigenvalue weighted by atomic mass is 10.1. The first-order valence-corrected chi connectivity index (χ1v) is 8.26. The number of aromatic nitrogens is 3. The summed E-state index contributed by atoms with van der Waals surface area (Å²) in [6.45, 7) is 6.30. The number of rotatable bonds is 3. The molecule has 0 saturated carbocycles. The Morgan fingerprint density at radius 1 is 1.33 bits per heavy atom. The molecule has 0 saturated heterocycles. The second-order valence-electron chi connectivity index (χ2n) is 6.39. The average Bonchev–Trinajstić information content (AvgIpc) is 3.15. The molecule has 1 aliphatic rings. The molecule has 4 N–H and O–H groups in total. The predicted molar refractivity (Wildman–Crippen MR) is 92.9 cm³/mol. The molecule has 0 radical (unpaired) electrons. The van der Waals surface area contributed by atoms with Crippen molar-refractivity contribution in [2.45, 2.75) is 33.4 Å². The number of carbonyl (C=O) groups is 1. The summed E-state index contributed by atoms with van der Waals surface area (Å²) in [5.74, 6) is -0.127. The first kappa shape index (κ1) is 15.0. The molecule has 1 aromatic carbocycles. The van der Waals surface area contributed by atoms with Crippen molar-refractivity contribution >= 4 is 16.8 Å². The van der Waals surface area contributed by atoms with Crippen molar-refractivity contribution in [1.82, 2.24) is 25.8 Å². The molecule has 1 aliphatic heterocycles. The van der Waals surface area contributed by atoms with Gasteiger partial charge in [-0.1, -0.05) is 6.07 Å². The maximum Gasteiger partial charge on any atom is 0.272 e. The zero-order valence-electron chi connectivity index (χ0n) is 13.9. The maximum absolute atomic E-state index is 12.5. The maximum atomic E-state index is 12.5. The van der Waals surface area contributed by atoms with Gasteiger partial charge in [0, 0.05) is 53.9 Å². The van der Waals surface area contributed by atoms with Crippen LogP contribution in [-0.2, 0) is 19.5 Å². The van der Waals surface area contributed by atoms with Crippen LogP contribution in [0, 0.1) is 13.8 Å². The second-order valence-corrected chi connectivity index (χ2v) is 6.39. The third-order valence-electron chi connectivity index (χ3n) is 4.85. The lowest BCUT2D eigenvalue weighted by Gasteiger charge is -2.12. The third-order valence-corrected chi connectivity index (χ3v) is 4.85. The van der Waals surface area contributed by atoms with E-state index in [1.54, 1.807) is 0 Å². The molecule has 24 heavy (non-hydrogen) atoms. The van der Waals surface area contributed by atoms with Gasteiger partial charge in [0.25, 0.3) is 5.91 Å². The van der Waals surface area contributed by atoms with Gasteiger partial charge in [0.2, 0.25) is 0 Å². The van der Waals surface area contributed by atoms with E-state index in [1.165, 1.54) is 16.6 Å². The van der Waals surface area contributed by atoms with E-state index >= 15 is 0 Å². The number of H-pyrrole nitrogens is 2. The molecular formula is C18H21N5O. The van der Waals surface area contributed by atoms with Gasteiger partial charge < -0.3 is 15.6 Å². The van der Waals surface area contributed by atoms with Crippen molar-refractivity contribution < 1.29 is 4.79 Å². The standard InChI is InChI=1S/C18H21N5O/c1-10-11(2)21-15-4-3-12(7-13(10)15)8-20-18(24)17-14-9-19-6-5-16(14)22-23-17/h3-4,7,19,21H,5-6,8-9H2,1-2H3,(H,20,24)(H,22,23). The molecule has 3 heterocycles. The van der Waals surface area contributed by atoms with Crippen molar-refractivity contribution in [2.75, 3.05) is 6.54 Å². The van der Waals surface area contributed by atoms with Gasteiger partial charge in [0.15, 0.2) is 5.69 Å². The summed E-state index contributed by atoms with van der Waals surface area (Å²) in [5.41, 5.74) is 7.22. The van der Waals surface area contributed by atoms with Crippen molar-refractivity contribution in [1.29, 1.82) is 0 Å². The van der Waals surface area contributed by atoms with Gasteiger partial charge in [-0.2, -0.15) is 5.10 Å². The zero-order valence-corrected chi connectivity index (χ0v) is 13.9. The Bertz CT molecular complexity index is 921. The predicted octanol–water partition coefficient (Wildman–Crippen LogP) is 2.08. The molecule has 6 heteroatoms. The number of aryl methyl sites for hydroxylation is 2. The largest absolute Gasteiger partial charge is 0.358 e. The van der Waals surface area contributed by atoms with Crippen molar-refractivity contribution in [3.63, 3.8) is 0 Å². The summed E-state index contributed by atoms with van der Waals surface area (Å²) in [6, 6.07) is 6.24. The van der Waals surface area contributed by atoms with Crippen LogP contribution in [0.1, 0.15) is 38.6 Å². The van der Waals surface area contributed by atoms with Crippen LogP contribution in [0.4, 0.5) is 0 Å². The normalized spacial score (nSPS) is 13.9. The van der Waals surface area contributed by atoms with Gasteiger partial charge >= 0.3 is 0 Å². The molecule has 2 aromatic heterocycles. The number of amides is 1. The van der Waals surface area contributed by atoms with Gasteiger partial charge in [-0.25, -0.2) is 0 Å². The van der Waals surface area contributed by atoms with E-state index in [-0.39, 0.29) is 5.91 Å². The Morgan fingerprint density at radius 3 is 3.08 bits per heavy atom. The number of hydrogen-bond acceptors (Lipinski definition) is 3. The summed E-state index contributed by atoms with van der Waals surface area (Å²) in [6.07, 6.45) is 0.887. The fourth-order valence-electron chi connectivity index (χ4n) is 3.30. The molecule has 0 unspecified atom stereocenters. The molecule has 6 nitrogen and oxygen atoms in total. The number of fused-ring (bicyclic) bond motifs is 2. The number of carbonyl (C=O) groups excluding carboxylic acids is 1. The smallest absolute Gasteiger partial charge is 0.272 e. The van der Waals surface area contributed by atoms with Crippen LogP contribution >= 0.6 is 0 Å². The Morgan fingerprint density at radius 2 is 2.21 bits per heavy atom. The van der Waals surface area contributed by atoms with Crippen LogP contribution in [0.3, 0.4) is 0 Å². The number of nitrogens with one attached hydrogen (secondary N) is 4. The summed E-state index contributed by atoms with van der Waals surface area (Å²) in [5, 5.41) is 14.7. The highest BCUT2D eigenvalue weighted by atomic mass is 16.1. The fraction of sp³-hybridized carbons (Fsp3) is 0.333. The molecule has 3 aromatic rings. The topological polar surface area (TPSA) is 85.6 Å². The molecule has 0 aliphatic carbocycles. The quantitative estimate of drug-likeness (QED) is 0.595. The Labute approximate surface area is 140 Å². The van der Waals surface area contributed by atoms with Crippen molar-refractivity contribution in [3.8, 4) is 0 Å². The van der Waals surface area contributed by atoms with Gasteiger partial charge in [-0.15, -0.1) is 0 Å². The summed E-state index contributed by atoms with van der Waals surface area (Å²) < 4.78 is 0. The van der Waals surface area contributed by atoms with E-state index in [1.807, 2.05) is 6.07 Å². The SMILES string of the molecule is Cc1[nH]c2ccc(CNC(=O)c3n[nH]c4c3CNCC4)cc2c1C. The number of aromatic amines is 2. The lowest BCUT2D eigenvalue weighted by molar-refractivity contribution is 0.0944. The lowest BCUT2D eigenvalue weighted by Crippen LogP contribution is -2.28. The van der Waals surface area contributed by atoms with Crippen LogP contribution in [0.5, 0.6) is 0 Å². The van der Waals surface area contributed by atoms with E-state index in [0.717, 1.165) is 35.3 Å². The first-order chi connectivity index (χ1) is 11.6. The summed E-state index contributed by atoms with van der Waals surface area (Å²) >= 11 is 0. The van der Waals surface area contributed by atoms with Gasteiger partial charge in [0.1, 0.15) is 0 Å². The highest BCUT2D eigenvalue weighted by Gasteiger charge is 2.21. The van der Waals surface area contributed by atoms with Crippen molar-refractivity contribution in [3.05, 3.63) is 52.0 Å². The highest BCUT2D eigenvalue weighted by molar-refractivity contribution is 5.94. The minimum absolute atomic E-state index is 0.127. The average molecular weight is 323 g/mol. The van der Waals surface area contributed by atoms with E-state index < -0.39 is 0 Å². The Hall–Kier alpha value is -2.60. The monoisotopic (exact) mass is 323 g/mol. The molecule has 1 amide bonds. The number of benzene rings is 1. The molecule has 0 fully saturated rings. The van der Waals surface area contributed by atoms with Crippen molar-refractivity contribution in [2.24, 2.45) is 0 Å². The van der Waals surface area contributed by atoms with E-state index in [2.05, 4.69) is 51.8 Å². The molecule has 4 rings (SSSR count). The van der Waals surface area contributed by atoms with E-state index in [4.69, 9.17) is 0 Å². The fourth-order valence-corrected chi connectivity index (χ4v) is 3.30. The summed E-state index contributed by atoms with van der Waals surface area (Å²) in [7, 11) is 0. The van der Waals surface area contributed by atoms with Gasteiger partial charge in [-0.05, 0) is 37.1 Å². The summed E-state index contributed by atoms with van der Waals surface area (Å²) in [4.78, 5) is 15.8. The number of nitrogens with zero attached hydrogens (tertiary/aromatic N) is 1. The van der Waals surface area contributed by atoms with Crippen LogP contribution in [0.15, 0.2) is 18.2 Å². The number of hydrogen-bond donors (Lipinski definition) is 4. The van der Waals surface area contributed by atoms with Crippen LogP contribution in [0.25, 0.3) is 10.9 Å². The van der Waals surface area contributed by atoms with Crippen LogP contribution < -0.4 is 10.6 Å². The second kappa shape index (κ2) is 5.79. The van der Waals surface area contributed by atoms with Gasteiger partial charge in [-0.3, -0.25) is 9.89 Å². The Kier molecular flexibility index (Phi) is 3.61. The zero-order chi connectivity index (χ0) is 16.7. The Balaban J connectivity index is 1.51. The first-order valence-electron chi connectivity index (χ1n) is 8.26. The minimum Gasteiger partial charge on any atom is -0.358 e. The van der Waals surface area contributed by atoms with E-state index in [0.29, 0.717) is 18.8 Å².